The fraction of sp³-hybridized carbons (Fsp3) is 0.150. The van der Waals surface area contributed by atoms with Gasteiger partial charge in [0.25, 0.3) is 0 Å². The van der Waals surface area contributed by atoms with E-state index in [1.54, 1.807) is 12.1 Å². The lowest BCUT2D eigenvalue weighted by Gasteiger charge is -2.10. The number of hydroxylamine groups is 1. The van der Waals surface area contributed by atoms with Gasteiger partial charge in [-0.05, 0) is 30.3 Å². The molecule has 1 aliphatic heterocycles. The smallest absolute Gasteiger partial charge is 0.366 e. The van der Waals surface area contributed by atoms with Gasteiger partial charge in [0.1, 0.15) is 5.75 Å². The summed E-state index contributed by atoms with van der Waals surface area (Å²) in [4.78, 5) is 24.8. The molecule has 2 heterocycles. The van der Waals surface area contributed by atoms with E-state index in [4.69, 9.17) is 9.57 Å². The van der Waals surface area contributed by atoms with Gasteiger partial charge in [-0.3, -0.25) is 0 Å². The molecule has 0 saturated carbocycles. The van der Waals surface area contributed by atoms with E-state index in [0.717, 1.165) is 11.8 Å². The fourth-order valence-corrected chi connectivity index (χ4v) is 2.93. The van der Waals surface area contributed by atoms with Crippen molar-refractivity contribution >= 4 is 29.1 Å². The molecule has 0 bridgehead atoms. The highest BCUT2D eigenvalue weighted by Gasteiger charge is 2.30. The number of anilines is 4. The number of nitrogens with one attached hydrogen (secondary N) is 3. The quantitative estimate of drug-likeness (QED) is 0.548. The molecule has 0 aliphatic carbocycles. The van der Waals surface area contributed by atoms with E-state index < -0.39 is 17.9 Å². The summed E-state index contributed by atoms with van der Waals surface area (Å²) in [7, 11) is 1.51. The number of hydrogen-bond donors (Lipinski definition) is 3. The molecule has 4 rings (SSSR count). The van der Waals surface area contributed by atoms with Crippen molar-refractivity contribution < 1.29 is 18.8 Å². The van der Waals surface area contributed by atoms with Crippen LogP contribution in [0.25, 0.3) is 0 Å². The van der Waals surface area contributed by atoms with E-state index in [1.807, 2.05) is 36.4 Å². The Hall–Kier alpha value is -3.72. The summed E-state index contributed by atoms with van der Waals surface area (Å²) in [6.45, 7) is 0. The summed E-state index contributed by atoms with van der Waals surface area (Å²) in [5, 5.41) is 5.97. The molecule has 0 amide bonds. The minimum atomic E-state index is -0.698. The molecule has 0 radical (unpaired) electrons. The van der Waals surface area contributed by atoms with Crippen molar-refractivity contribution in [1.82, 2.24) is 15.4 Å². The zero-order valence-electron chi connectivity index (χ0n) is 15.5. The maximum absolute atomic E-state index is 14.1. The Morgan fingerprint density at radius 1 is 1.17 bits per heavy atom. The lowest BCUT2D eigenvalue weighted by Crippen LogP contribution is -2.31. The number of fused-ring (bicyclic) bond motifs is 1. The first-order chi connectivity index (χ1) is 14.1. The Bertz CT molecular complexity index is 1030. The summed E-state index contributed by atoms with van der Waals surface area (Å²) in [5.41, 5.74) is 4.59. The maximum Gasteiger partial charge on any atom is 0.366 e. The number of halogens is 1. The molecule has 8 nitrogen and oxygen atoms in total. The first-order valence-corrected chi connectivity index (χ1v) is 8.91. The van der Waals surface area contributed by atoms with Gasteiger partial charge in [-0.15, -0.1) is 0 Å². The van der Waals surface area contributed by atoms with Crippen LogP contribution in [0, 0.1) is 5.82 Å². The minimum Gasteiger partial charge on any atom is -0.478 e. The number of nitrogens with zero attached hydrogens (tertiary/aromatic N) is 2. The first-order valence-electron chi connectivity index (χ1n) is 8.91. The topological polar surface area (TPSA) is 97.4 Å². The zero-order valence-corrected chi connectivity index (χ0v) is 15.5. The Morgan fingerprint density at radius 2 is 2.00 bits per heavy atom. The number of hydrogen-bond acceptors (Lipinski definition) is 8. The van der Waals surface area contributed by atoms with Gasteiger partial charge in [0.15, 0.2) is 11.6 Å². The summed E-state index contributed by atoms with van der Waals surface area (Å²) >= 11 is 0. The van der Waals surface area contributed by atoms with Gasteiger partial charge in [-0.2, -0.15) is 10.5 Å². The molecule has 0 fully saturated rings. The molecular formula is C20H18FN5O3. The molecule has 2 aromatic carbocycles. The van der Waals surface area contributed by atoms with E-state index in [0.29, 0.717) is 23.5 Å². The van der Waals surface area contributed by atoms with E-state index in [2.05, 4.69) is 26.1 Å². The van der Waals surface area contributed by atoms with Crippen LogP contribution in [0.4, 0.5) is 27.5 Å². The molecule has 3 aromatic rings. The van der Waals surface area contributed by atoms with Crippen molar-refractivity contribution in [2.24, 2.45) is 0 Å². The van der Waals surface area contributed by atoms with E-state index in [-0.39, 0.29) is 11.8 Å². The molecule has 148 valence electrons. The van der Waals surface area contributed by atoms with Crippen LogP contribution in [-0.4, -0.2) is 29.1 Å². The normalized spacial score (nSPS) is 14.6. The van der Waals surface area contributed by atoms with E-state index >= 15 is 0 Å². The van der Waals surface area contributed by atoms with Crippen LogP contribution in [0.3, 0.4) is 0 Å². The molecule has 1 aromatic heterocycles. The van der Waals surface area contributed by atoms with E-state index in [9.17, 15) is 9.18 Å². The average Bonchev–Trinajstić information content (AvgIpc) is 3.15. The second kappa shape index (κ2) is 8.11. The summed E-state index contributed by atoms with van der Waals surface area (Å²) in [5.74, 6) is -0.146. The number of aromatic nitrogens is 2. The largest absolute Gasteiger partial charge is 0.478 e. The summed E-state index contributed by atoms with van der Waals surface area (Å²) < 4.78 is 19.7. The molecule has 9 heteroatoms. The molecule has 1 unspecified atom stereocenters. The molecule has 1 aliphatic rings. The third-order valence-corrected chi connectivity index (χ3v) is 4.24. The van der Waals surface area contributed by atoms with Crippen molar-refractivity contribution in [1.29, 1.82) is 0 Å². The lowest BCUT2D eigenvalue weighted by molar-refractivity contribution is -0.157. The van der Waals surface area contributed by atoms with Gasteiger partial charge in [0.05, 0.1) is 6.20 Å². The third-order valence-electron chi connectivity index (χ3n) is 4.24. The predicted molar refractivity (Wildman–Crippen MR) is 105 cm³/mol. The van der Waals surface area contributed by atoms with Gasteiger partial charge >= 0.3 is 5.97 Å². The van der Waals surface area contributed by atoms with Crippen LogP contribution < -0.4 is 20.9 Å². The Labute approximate surface area is 166 Å². The van der Waals surface area contributed by atoms with Crippen molar-refractivity contribution in [2.75, 3.05) is 17.7 Å². The molecule has 29 heavy (non-hydrogen) atoms. The number of ether oxygens (including phenoxy) is 1. The van der Waals surface area contributed by atoms with Crippen molar-refractivity contribution in [3.05, 3.63) is 66.1 Å². The van der Waals surface area contributed by atoms with Crippen molar-refractivity contribution in [3.63, 3.8) is 0 Å². The lowest BCUT2D eigenvalue weighted by atomic mass is 10.1. The average molecular weight is 395 g/mol. The molecule has 3 N–H and O–H groups in total. The van der Waals surface area contributed by atoms with Crippen molar-refractivity contribution in [2.45, 2.75) is 12.5 Å². The number of rotatable bonds is 6. The van der Waals surface area contributed by atoms with Gasteiger partial charge in [0.2, 0.25) is 12.1 Å². The Balaban J connectivity index is 1.49. The maximum atomic E-state index is 14.1. The highest BCUT2D eigenvalue weighted by molar-refractivity contribution is 5.77. The van der Waals surface area contributed by atoms with E-state index in [1.165, 1.54) is 7.05 Å². The SMILES string of the molecule is CNOC(=O)C1Cc2cc(Nc3ncc(F)c(Nc4ccccc4)n3)ccc2O1. The van der Waals surface area contributed by atoms with Crippen LogP contribution in [-0.2, 0) is 16.1 Å². The monoisotopic (exact) mass is 395 g/mol. The number of para-hydroxylation sites is 1. The highest BCUT2D eigenvalue weighted by atomic mass is 19.1. The minimum absolute atomic E-state index is 0.0630. The highest BCUT2D eigenvalue weighted by Crippen LogP contribution is 2.32. The van der Waals surface area contributed by atoms with Crippen molar-refractivity contribution in [3.8, 4) is 5.75 Å². The molecule has 0 saturated heterocycles. The van der Waals surface area contributed by atoms with Gasteiger partial charge in [-0.1, -0.05) is 18.2 Å². The summed E-state index contributed by atoms with van der Waals surface area (Å²) in [6.07, 6.45) is 0.786. The molecule has 1 atom stereocenters. The number of carbonyl (C=O) groups is 1. The fourth-order valence-electron chi connectivity index (χ4n) is 2.93. The van der Waals surface area contributed by atoms with Crippen LogP contribution in [0.15, 0.2) is 54.7 Å². The van der Waals surface area contributed by atoms with Gasteiger partial charge in [0, 0.05) is 30.4 Å². The van der Waals surface area contributed by atoms with Gasteiger partial charge < -0.3 is 20.2 Å². The van der Waals surface area contributed by atoms with Crippen LogP contribution in [0.5, 0.6) is 5.75 Å². The predicted octanol–water partition coefficient (Wildman–Crippen LogP) is 3.08. The number of carbonyl (C=O) groups excluding carboxylic acids is 1. The summed E-state index contributed by atoms with van der Waals surface area (Å²) in [6, 6.07) is 14.5. The third kappa shape index (κ3) is 4.25. The Kier molecular flexibility index (Phi) is 5.21. The van der Waals surface area contributed by atoms with Gasteiger partial charge in [-0.25, -0.2) is 14.2 Å². The van der Waals surface area contributed by atoms with Crippen LogP contribution >= 0.6 is 0 Å². The standard InChI is InChI=1S/C20H18FN5O3/c1-22-29-19(27)17-10-12-9-14(7-8-16(12)28-17)25-20-23-11-15(21)18(26-20)24-13-5-3-2-4-6-13/h2-9,11,17,22H,10H2,1H3,(H2,23,24,25,26). The Morgan fingerprint density at radius 3 is 2.79 bits per heavy atom. The second-order valence-corrected chi connectivity index (χ2v) is 6.26. The molecular weight excluding hydrogens is 377 g/mol. The first kappa shape index (κ1) is 18.6. The molecule has 0 spiro atoms. The second-order valence-electron chi connectivity index (χ2n) is 6.26. The number of benzene rings is 2. The zero-order chi connectivity index (χ0) is 20.2. The van der Waals surface area contributed by atoms with Crippen LogP contribution in [0.2, 0.25) is 0 Å². The van der Waals surface area contributed by atoms with Crippen LogP contribution in [0.1, 0.15) is 5.56 Å².